The number of benzene rings is 1. The van der Waals surface area contributed by atoms with Gasteiger partial charge in [0, 0.05) is 19.0 Å². The van der Waals surface area contributed by atoms with Crippen molar-refractivity contribution in [3.63, 3.8) is 0 Å². The third kappa shape index (κ3) is 2.83. The number of aromatic nitrogens is 3. The normalized spacial score (nSPS) is 15.7. The molecule has 1 aromatic heterocycles. The van der Waals surface area contributed by atoms with E-state index in [4.69, 9.17) is 5.73 Å². The molecule has 0 unspecified atom stereocenters. The van der Waals surface area contributed by atoms with Crippen molar-refractivity contribution in [2.45, 2.75) is 12.8 Å². The SMILES string of the molecule is NC(=O)C1CCN(C(=O)c2cnn(-c3ccccc3)n2)CC1. The van der Waals surface area contributed by atoms with Crippen LogP contribution in [0.1, 0.15) is 23.3 Å². The van der Waals surface area contributed by atoms with E-state index in [0.29, 0.717) is 31.6 Å². The van der Waals surface area contributed by atoms with E-state index in [1.54, 1.807) is 4.90 Å². The highest BCUT2D eigenvalue weighted by Gasteiger charge is 2.27. The fraction of sp³-hybridized carbons (Fsp3) is 0.333. The molecule has 7 heteroatoms. The van der Waals surface area contributed by atoms with Crippen LogP contribution >= 0.6 is 0 Å². The first-order chi connectivity index (χ1) is 10.6. The van der Waals surface area contributed by atoms with Crippen molar-refractivity contribution in [1.29, 1.82) is 0 Å². The zero-order valence-corrected chi connectivity index (χ0v) is 12.1. The summed E-state index contributed by atoms with van der Waals surface area (Å²) in [5.74, 6) is -0.587. The van der Waals surface area contributed by atoms with Crippen LogP contribution in [0.25, 0.3) is 5.69 Å². The van der Waals surface area contributed by atoms with Crippen LogP contribution in [0, 0.1) is 5.92 Å². The van der Waals surface area contributed by atoms with Gasteiger partial charge in [0.25, 0.3) is 5.91 Å². The minimum Gasteiger partial charge on any atom is -0.369 e. The molecule has 1 fully saturated rings. The maximum atomic E-state index is 12.4. The van der Waals surface area contributed by atoms with Gasteiger partial charge in [-0.2, -0.15) is 9.90 Å². The van der Waals surface area contributed by atoms with Crippen molar-refractivity contribution >= 4 is 11.8 Å². The van der Waals surface area contributed by atoms with Gasteiger partial charge in [-0.15, -0.1) is 5.10 Å². The third-order valence-corrected chi connectivity index (χ3v) is 3.88. The van der Waals surface area contributed by atoms with Gasteiger partial charge < -0.3 is 10.6 Å². The molecule has 2 N–H and O–H groups in total. The van der Waals surface area contributed by atoms with Gasteiger partial charge in [0.15, 0.2) is 5.69 Å². The van der Waals surface area contributed by atoms with E-state index in [1.807, 2.05) is 30.3 Å². The highest BCUT2D eigenvalue weighted by Crippen LogP contribution is 2.18. The van der Waals surface area contributed by atoms with E-state index in [-0.39, 0.29) is 17.7 Å². The van der Waals surface area contributed by atoms with Crippen LogP contribution in [0.3, 0.4) is 0 Å². The van der Waals surface area contributed by atoms with Gasteiger partial charge in [-0.3, -0.25) is 9.59 Å². The Morgan fingerprint density at radius 2 is 1.82 bits per heavy atom. The zero-order chi connectivity index (χ0) is 15.5. The molecule has 0 bridgehead atoms. The van der Waals surface area contributed by atoms with Crippen LogP contribution in [-0.2, 0) is 4.79 Å². The molecule has 2 aromatic rings. The number of piperidine rings is 1. The topological polar surface area (TPSA) is 94.1 Å². The third-order valence-electron chi connectivity index (χ3n) is 3.88. The lowest BCUT2D eigenvalue weighted by molar-refractivity contribution is -0.123. The number of primary amides is 1. The molecule has 0 atom stereocenters. The summed E-state index contributed by atoms with van der Waals surface area (Å²) in [5.41, 5.74) is 6.41. The van der Waals surface area contributed by atoms with Crippen LogP contribution in [0.4, 0.5) is 0 Å². The molecule has 1 aliphatic rings. The predicted molar refractivity (Wildman–Crippen MR) is 79.2 cm³/mol. The van der Waals surface area contributed by atoms with E-state index < -0.39 is 0 Å². The fourth-order valence-electron chi connectivity index (χ4n) is 2.58. The van der Waals surface area contributed by atoms with E-state index in [0.717, 1.165) is 5.69 Å². The lowest BCUT2D eigenvalue weighted by Crippen LogP contribution is -2.41. The van der Waals surface area contributed by atoms with E-state index in [2.05, 4.69) is 10.2 Å². The molecule has 0 spiro atoms. The van der Waals surface area contributed by atoms with Gasteiger partial charge in [-0.25, -0.2) is 0 Å². The summed E-state index contributed by atoms with van der Waals surface area (Å²) in [6.07, 6.45) is 2.68. The highest BCUT2D eigenvalue weighted by atomic mass is 16.2. The number of amides is 2. The molecular formula is C15H17N5O2. The second-order valence-corrected chi connectivity index (χ2v) is 5.32. The van der Waals surface area contributed by atoms with Crippen molar-refractivity contribution in [2.75, 3.05) is 13.1 Å². The number of para-hydroxylation sites is 1. The average Bonchev–Trinajstić information content (AvgIpc) is 3.05. The number of nitrogens with two attached hydrogens (primary N) is 1. The zero-order valence-electron chi connectivity index (χ0n) is 12.1. The van der Waals surface area contributed by atoms with Gasteiger partial charge in [0.05, 0.1) is 11.9 Å². The van der Waals surface area contributed by atoms with Crippen molar-refractivity contribution in [2.24, 2.45) is 11.7 Å². The van der Waals surface area contributed by atoms with Crippen LogP contribution in [0.5, 0.6) is 0 Å². The minimum absolute atomic E-state index is 0.135. The Bertz CT molecular complexity index is 674. The number of rotatable bonds is 3. The van der Waals surface area contributed by atoms with Gasteiger partial charge >= 0.3 is 0 Å². The maximum absolute atomic E-state index is 12.4. The summed E-state index contributed by atoms with van der Waals surface area (Å²) in [6.45, 7) is 1.04. The van der Waals surface area contributed by atoms with Crippen molar-refractivity contribution < 1.29 is 9.59 Å². The molecule has 114 valence electrons. The summed E-state index contributed by atoms with van der Waals surface area (Å²) in [7, 11) is 0. The van der Waals surface area contributed by atoms with Crippen molar-refractivity contribution in [3.8, 4) is 5.69 Å². The molecule has 0 saturated carbocycles. The molecular weight excluding hydrogens is 282 g/mol. The van der Waals surface area contributed by atoms with Crippen LogP contribution in [-0.4, -0.2) is 44.8 Å². The minimum atomic E-state index is -0.290. The van der Waals surface area contributed by atoms with Crippen LogP contribution in [0.15, 0.2) is 36.5 Å². The van der Waals surface area contributed by atoms with Gasteiger partial charge in [-0.05, 0) is 25.0 Å². The number of hydrogen-bond acceptors (Lipinski definition) is 4. The van der Waals surface area contributed by atoms with E-state index >= 15 is 0 Å². The first-order valence-electron chi connectivity index (χ1n) is 7.21. The fourth-order valence-corrected chi connectivity index (χ4v) is 2.58. The molecule has 0 radical (unpaired) electrons. The summed E-state index contributed by atoms with van der Waals surface area (Å²) in [4.78, 5) is 26.7. The molecule has 0 aliphatic carbocycles. The van der Waals surface area contributed by atoms with Crippen molar-refractivity contribution in [1.82, 2.24) is 19.9 Å². The van der Waals surface area contributed by atoms with Gasteiger partial charge in [0.1, 0.15) is 0 Å². The first-order valence-corrected chi connectivity index (χ1v) is 7.21. The Balaban J connectivity index is 1.69. The number of nitrogens with zero attached hydrogens (tertiary/aromatic N) is 4. The van der Waals surface area contributed by atoms with Gasteiger partial charge in [0.2, 0.25) is 5.91 Å². The quantitative estimate of drug-likeness (QED) is 0.898. The molecule has 2 heterocycles. The standard InChI is InChI=1S/C15H17N5O2/c16-14(21)11-6-8-19(9-7-11)15(22)13-10-17-20(18-13)12-4-2-1-3-5-12/h1-5,10-11H,6-9H2,(H2,16,21). The monoisotopic (exact) mass is 299 g/mol. The average molecular weight is 299 g/mol. The summed E-state index contributed by atoms with van der Waals surface area (Å²) >= 11 is 0. The van der Waals surface area contributed by atoms with E-state index in [9.17, 15) is 9.59 Å². The molecule has 1 aromatic carbocycles. The van der Waals surface area contributed by atoms with Crippen LogP contribution < -0.4 is 5.73 Å². The number of carbonyl (C=O) groups excluding carboxylic acids is 2. The molecule has 1 saturated heterocycles. The molecule has 1 aliphatic heterocycles. The predicted octanol–water partition coefficient (Wildman–Crippen LogP) is 0.605. The molecule has 7 nitrogen and oxygen atoms in total. The lowest BCUT2D eigenvalue weighted by atomic mass is 9.96. The second-order valence-electron chi connectivity index (χ2n) is 5.32. The Hall–Kier alpha value is -2.70. The Kier molecular flexibility index (Phi) is 3.86. The number of likely N-dealkylation sites (tertiary alicyclic amines) is 1. The maximum Gasteiger partial charge on any atom is 0.276 e. The van der Waals surface area contributed by atoms with Crippen molar-refractivity contribution in [3.05, 3.63) is 42.2 Å². The Morgan fingerprint density at radius 3 is 2.45 bits per heavy atom. The van der Waals surface area contributed by atoms with Crippen LogP contribution in [0.2, 0.25) is 0 Å². The first kappa shape index (κ1) is 14.2. The Morgan fingerprint density at radius 1 is 1.14 bits per heavy atom. The summed E-state index contributed by atoms with van der Waals surface area (Å²) < 4.78 is 0. The summed E-state index contributed by atoms with van der Waals surface area (Å²) in [6, 6.07) is 9.41. The summed E-state index contributed by atoms with van der Waals surface area (Å²) in [5, 5.41) is 8.36. The van der Waals surface area contributed by atoms with Gasteiger partial charge in [-0.1, -0.05) is 18.2 Å². The van der Waals surface area contributed by atoms with E-state index in [1.165, 1.54) is 11.0 Å². The smallest absolute Gasteiger partial charge is 0.276 e. The number of carbonyl (C=O) groups is 2. The number of hydrogen-bond donors (Lipinski definition) is 1. The Labute approximate surface area is 127 Å². The highest BCUT2D eigenvalue weighted by molar-refractivity contribution is 5.92. The molecule has 22 heavy (non-hydrogen) atoms. The lowest BCUT2D eigenvalue weighted by Gasteiger charge is -2.29. The molecule has 2 amide bonds. The second kappa shape index (κ2) is 5.97. The molecule has 3 rings (SSSR count). The largest absolute Gasteiger partial charge is 0.369 e.